The summed E-state index contributed by atoms with van der Waals surface area (Å²) in [5.74, 6) is -0.954. The number of ketones is 2. The topological polar surface area (TPSA) is 121 Å². The highest BCUT2D eigenvalue weighted by atomic mass is 32.2. The van der Waals surface area contributed by atoms with Crippen molar-refractivity contribution in [3.63, 3.8) is 0 Å². The molecule has 0 saturated heterocycles. The van der Waals surface area contributed by atoms with Crippen molar-refractivity contribution in [1.82, 2.24) is 0 Å². The van der Waals surface area contributed by atoms with Gasteiger partial charge in [0.2, 0.25) is 0 Å². The van der Waals surface area contributed by atoms with E-state index < -0.39 is 45.0 Å². The average molecular weight is 400 g/mol. The van der Waals surface area contributed by atoms with Crippen molar-refractivity contribution in [2.24, 2.45) is 0 Å². The zero-order valence-corrected chi connectivity index (χ0v) is 15.6. The van der Waals surface area contributed by atoms with Gasteiger partial charge in [0.1, 0.15) is 23.0 Å². The first-order valence-electron chi connectivity index (χ1n) is 7.34. The third-order valence-corrected chi connectivity index (χ3v) is 5.86. The van der Waals surface area contributed by atoms with Gasteiger partial charge >= 0.3 is 0 Å². The molecule has 2 aromatic rings. The summed E-state index contributed by atoms with van der Waals surface area (Å²) in [6, 6.07) is 7.98. The lowest BCUT2D eigenvalue weighted by Gasteiger charge is -2.11. The fourth-order valence-corrected chi connectivity index (χ4v) is 4.42. The fraction of sp³-hybridized carbons (Fsp3) is 0.250. The van der Waals surface area contributed by atoms with E-state index in [1.54, 1.807) is 0 Å². The van der Waals surface area contributed by atoms with Crippen LogP contribution in [0.3, 0.4) is 0 Å². The second kappa shape index (κ2) is 7.62. The van der Waals surface area contributed by atoms with Gasteiger partial charge in [-0.3, -0.25) is 18.0 Å². The van der Waals surface area contributed by atoms with E-state index in [-0.39, 0.29) is 20.6 Å². The van der Waals surface area contributed by atoms with Crippen LogP contribution in [-0.2, 0) is 38.2 Å². The molecule has 140 valence electrons. The molecule has 0 aliphatic heterocycles. The number of fused-ring (bicyclic) bond motifs is 1. The molecule has 0 unspecified atom stereocenters. The van der Waals surface area contributed by atoms with Crippen LogP contribution in [-0.4, -0.2) is 41.6 Å². The molecule has 26 heavy (non-hydrogen) atoms. The normalized spacial score (nSPS) is 12.2. The minimum Gasteiger partial charge on any atom is -0.297 e. The van der Waals surface area contributed by atoms with Gasteiger partial charge in [-0.1, -0.05) is 24.3 Å². The average Bonchev–Trinajstić information content (AvgIpc) is 2.57. The van der Waals surface area contributed by atoms with E-state index in [2.05, 4.69) is 8.37 Å². The second-order valence-electron chi connectivity index (χ2n) is 5.44. The lowest BCUT2D eigenvalue weighted by atomic mass is 10.1. The van der Waals surface area contributed by atoms with Gasteiger partial charge in [0.25, 0.3) is 20.2 Å². The van der Waals surface area contributed by atoms with E-state index in [9.17, 15) is 26.4 Å². The van der Waals surface area contributed by atoms with Crippen molar-refractivity contribution >= 4 is 42.6 Å². The van der Waals surface area contributed by atoms with Gasteiger partial charge in [0, 0.05) is 10.8 Å². The summed E-state index contributed by atoms with van der Waals surface area (Å²) in [5.41, 5.74) is 0. The first-order valence-corrected chi connectivity index (χ1v) is 10.2. The van der Waals surface area contributed by atoms with Crippen LogP contribution < -0.4 is 0 Å². The quantitative estimate of drug-likeness (QED) is 0.610. The summed E-state index contributed by atoms with van der Waals surface area (Å²) in [7, 11) is -8.56. The molecule has 0 radical (unpaired) electrons. The van der Waals surface area contributed by atoms with Crippen LogP contribution in [0.15, 0.2) is 46.2 Å². The van der Waals surface area contributed by atoms with Crippen molar-refractivity contribution < 1.29 is 34.8 Å². The molecule has 0 N–H and O–H groups in total. The largest absolute Gasteiger partial charge is 0.298 e. The van der Waals surface area contributed by atoms with Crippen LogP contribution in [0.25, 0.3) is 10.8 Å². The maximum absolute atomic E-state index is 12.3. The van der Waals surface area contributed by atoms with E-state index >= 15 is 0 Å². The Labute approximate surface area is 151 Å². The second-order valence-corrected chi connectivity index (χ2v) is 8.61. The molecule has 0 spiro atoms. The molecule has 0 saturated carbocycles. The summed E-state index contributed by atoms with van der Waals surface area (Å²) in [4.78, 5) is 21.4. The molecule has 0 aromatic heterocycles. The lowest BCUT2D eigenvalue weighted by molar-refractivity contribution is -0.119. The summed E-state index contributed by atoms with van der Waals surface area (Å²) in [6.07, 6.45) is 0. The number of benzene rings is 2. The first kappa shape index (κ1) is 20.2. The number of rotatable bonds is 8. The Hall–Kier alpha value is -2.14. The van der Waals surface area contributed by atoms with Crippen molar-refractivity contribution in [1.29, 1.82) is 0 Å². The van der Waals surface area contributed by atoms with Crippen LogP contribution >= 0.6 is 0 Å². The summed E-state index contributed by atoms with van der Waals surface area (Å²) in [5, 5.41) is 0.173. The highest BCUT2D eigenvalue weighted by Crippen LogP contribution is 2.30. The molecule has 8 nitrogen and oxygen atoms in total. The molecule has 2 rings (SSSR count). The lowest BCUT2D eigenvalue weighted by Crippen LogP contribution is -2.14. The standard InChI is InChI=1S/C16H16O8S2/c1-11(17)9-23-25(19,20)15-7-3-6-14-13(15)5-4-8-16(14)26(21,22)24-10-12(2)18/h3-8H,9-10H2,1-2H3. The SMILES string of the molecule is CC(=O)COS(=O)(=O)c1cccc2c(S(=O)(=O)OCC(C)=O)cccc12. The smallest absolute Gasteiger partial charge is 0.297 e. The minimum atomic E-state index is -4.28. The van der Waals surface area contributed by atoms with E-state index in [0.717, 1.165) is 0 Å². The Morgan fingerprint density at radius 2 is 1.08 bits per heavy atom. The Balaban J connectivity index is 2.59. The van der Waals surface area contributed by atoms with Crippen molar-refractivity contribution in [2.45, 2.75) is 23.6 Å². The fourth-order valence-electron chi connectivity index (χ4n) is 2.14. The number of carbonyl (C=O) groups is 2. The van der Waals surface area contributed by atoms with Crippen LogP contribution in [0.1, 0.15) is 13.8 Å². The van der Waals surface area contributed by atoms with E-state index in [1.807, 2.05) is 0 Å². The highest BCUT2D eigenvalue weighted by molar-refractivity contribution is 7.87. The van der Waals surface area contributed by atoms with Gasteiger partial charge in [0.15, 0.2) is 11.6 Å². The maximum atomic E-state index is 12.3. The summed E-state index contributed by atoms with van der Waals surface area (Å²) < 4.78 is 58.7. The Morgan fingerprint density at radius 3 is 1.38 bits per heavy atom. The third kappa shape index (κ3) is 4.52. The molecule has 0 heterocycles. The molecule has 0 atom stereocenters. The monoisotopic (exact) mass is 400 g/mol. The van der Waals surface area contributed by atoms with Gasteiger partial charge in [0.05, 0.1) is 0 Å². The van der Waals surface area contributed by atoms with Crippen LogP contribution in [0, 0.1) is 0 Å². The van der Waals surface area contributed by atoms with Gasteiger partial charge in [-0.05, 0) is 26.0 Å². The number of hydrogen-bond donors (Lipinski definition) is 0. The molecule has 2 aromatic carbocycles. The Bertz CT molecular complexity index is 981. The Morgan fingerprint density at radius 1 is 0.731 bits per heavy atom. The number of Topliss-reactive ketones (excluding diaryl/α,β-unsaturated/α-hetero) is 2. The van der Waals surface area contributed by atoms with Crippen LogP contribution in [0.4, 0.5) is 0 Å². The van der Waals surface area contributed by atoms with Crippen molar-refractivity contribution in [2.75, 3.05) is 13.2 Å². The first-order chi connectivity index (χ1) is 12.0. The third-order valence-electron chi connectivity index (χ3n) is 3.22. The van der Waals surface area contributed by atoms with Gasteiger partial charge in [-0.25, -0.2) is 0 Å². The van der Waals surface area contributed by atoms with E-state index in [4.69, 9.17) is 0 Å². The Kier molecular flexibility index (Phi) is 5.91. The zero-order valence-electron chi connectivity index (χ0n) is 14.0. The summed E-state index contributed by atoms with van der Waals surface area (Å²) >= 11 is 0. The molecule has 0 bridgehead atoms. The van der Waals surface area contributed by atoms with Gasteiger partial charge < -0.3 is 0 Å². The minimum absolute atomic E-state index is 0.0866. The molecule has 0 aliphatic carbocycles. The van der Waals surface area contributed by atoms with Gasteiger partial charge in [-0.2, -0.15) is 16.8 Å². The maximum Gasteiger partial charge on any atom is 0.298 e. The predicted octanol–water partition coefficient (Wildman–Crippen LogP) is 1.43. The molecular weight excluding hydrogens is 384 g/mol. The molecule has 0 aliphatic rings. The van der Waals surface area contributed by atoms with Crippen molar-refractivity contribution in [3.8, 4) is 0 Å². The van der Waals surface area contributed by atoms with Crippen LogP contribution in [0.5, 0.6) is 0 Å². The molecule has 0 amide bonds. The van der Waals surface area contributed by atoms with Crippen molar-refractivity contribution in [3.05, 3.63) is 36.4 Å². The molecular formula is C16H16O8S2. The molecule has 10 heteroatoms. The van der Waals surface area contributed by atoms with E-state index in [0.29, 0.717) is 0 Å². The zero-order chi connectivity index (χ0) is 19.5. The number of hydrogen-bond acceptors (Lipinski definition) is 8. The predicted molar refractivity (Wildman–Crippen MR) is 91.6 cm³/mol. The molecule has 0 fully saturated rings. The highest BCUT2D eigenvalue weighted by Gasteiger charge is 2.24. The van der Waals surface area contributed by atoms with Crippen LogP contribution in [0.2, 0.25) is 0 Å². The summed E-state index contributed by atoms with van der Waals surface area (Å²) in [6.45, 7) is 1.10. The van der Waals surface area contributed by atoms with E-state index in [1.165, 1.54) is 50.2 Å². The number of carbonyl (C=O) groups excluding carboxylic acids is 2. The van der Waals surface area contributed by atoms with Gasteiger partial charge in [-0.15, -0.1) is 0 Å².